The molecule has 0 aromatic rings. The molecule has 5 nitrogen and oxygen atoms in total. The van der Waals surface area contributed by atoms with Gasteiger partial charge in [0.2, 0.25) is 5.91 Å². The van der Waals surface area contributed by atoms with E-state index in [1.165, 1.54) is 0 Å². The number of piperazine rings is 1. The lowest BCUT2D eigenvalue weighted by atomic mass is 10.1. The first-order valence-electron chi connectivity index (χ1n) is 7.15. The summed E-state index contributed by atoms with van der Waals surface area (Å²) in [5.74, 6) is 0.736. The standard InChI is InChI=1S/C14H26N4O/c1-12(2)4-6-16-14(19)13(3)18-10-8-17(7-5-15)9-11-18/h12-13H,4,6-11H2,1-3H3,(H,16,19). The van der Waals surface area contributed by atoms with E-state index in [2.05, 4.69) is 35.0 Å². The van der Waals surface area contributed by atoms with Crippen molar-refractivity contribution in [2.45, 2.75) is 33.2 Å². The van der Waals surface area contributed by atoms with E-state index in [1.807, 2.05) is 6.92 Å². The van der Waals surface area contributed by atoms with Gasteiger partial charge in [-0.2, -0.15) is 5.26 Å². The van der Waals surface area contributed by atoms with Gasteiger partial charge in [0, 0.05) is 32.7 Å². The Kier molecular flexibility index (Phi) is 6.82. The smallest absolute Gasteiger partial charge is 0.237 e. The number of nitrogens with one attached hydrogen (secondary N) is 1. The third-order valence-electron chi connectivity index (χ3n) is 3.65. The lowest BCUT2D eigenvalue weighted by Crippen LogP contribution is -2.53. The molecule has 5 heteroatoms. The van der Waals surface area contributed by atoms with Crippen molar-refractivity contribution in [1.82, 2.24) is 15.1 Å². The highest BCUT2D eigenvalue weighted by molar-refractivity contribution is 5.81. The van der Waals surface area contributed by atoms with E-state index < -0.39 is 0 Å². The first-order chi connectivity index (χ1) is 9.04. The van der Waals surface area contributed by atoms with Crippen LogP contribution < -0.4 is 5.32 Å². The molecule has 1 N–H and O–H groups in total. The highest BCUT2D eigenvalue weighted by Gasteiger charge is 2.24. The van der Waals surface area contributed by atoms with Crippen LogP contribution in [0.25, 0.3) is 0 Å². The number of hydrogen-bond donors (Lipinski definition) is 1. The Morgan fingerprint density at radius 2 is 1.89 bits per heavy atom. The Labute approximate surface area is 116 Å². The molecule has 1 amide bonds. The molecule has 0 bridgehead atoms. The van der Waals surface area contributed by atoms with Gasteiger partial charge in [-0.3, -0.25) is 14.6 Å². The zero-order chi connectivity index (χ0) is 14.3. The average molecular weight is 266 g/mol. The predicted molar refractivity (Wildman–Crippen MR) is 75.6 cm³/mol. The van der Waals surface area contributed by atoms with Gasteiger partial charge in [-0.25, -0.2) is 0 Å². The van der Waals surface area contributed by atoms with Crippen LogP contribution in [0.15, 0.2) is 0 Å². The van der Waals surface area contributed by atoms with Crippen molar-refractivity contribution in [3.8, 4) is 6.07 Å². The molecule has 1 atom stereocenters. The molecule has 0 aromatic carbocycles. The van der Waals surface area contributed by atoms with E-state index in [1.54, 1.807) is 0 Å². The Balaban J connectivity index is 2.28. The van der Waals surface area contributed by atoms with Crippen molar-refractivity contribution in [1.29, 1.82) is 5.26 Å². The van der Waals surface area contributed by atoms with Gasteiger partial charge in [0.1, 0.15) is 0 Å². The Bertz CT molecular complexity index is 316. The van der Waals surface area contributed by atoms with Crippen molar-refractivity contribution >= 4 is 5.91 Å². The molecule has 1 fully saturated rings. The van der Waals surface area contributed by atoms with Crippen LogP contribution in [-0.4, -0.2) is 61.0 Å². The van der Waals surface area contributed by atoms with E-state index in [9.17, 15) is 4.79 Å². The van der Waals surface area contributed by atoms with Gasteiger partial charge in [-0.1, -0.05) is 13.8 Å². The molecule has 0 aromatic heterocycles. The molecule has 1 rings (SSSR count). The van der Waals surface area contributed by atoms with Crippen LogP contribution in [-0.2, 0) is 4.79 Å². The highest BCUT2D eigenvalue weighted by Crippen LogP contribution is 2.06. The Morgan fingerprint density at radius 1 is 1.26 bits per heavy atom. The molecule has 108 valence electrons. The fourth-order valence-electron chi connectivity index (χ4n) is 2.21. The zero-order valence-corrected chi connectivity index (χ0v) is 12.4. The maximum atomic E-state index is 12.0. The molecular formula is C14H26N4O. The summed E-state index contributed by atoms with van der Waals surface area (Å²) < 4.78 is 0. The summed E-state index contributed by atoms with van der Waals surface area (Å²) in [6.45, 7) is 11.0. The van der Waals surface area contributed by atoms with Crippen LogP contribution in [0.1, 0.15) is 27.2 Å². The van der Waals surface area contributed by atoms with Gasteiger partial charge in [0.15, 0.2) is 0 Å². The summed E-state index contributed by atoms with van der Waals surface area (Å²) in [6.07, 6.45) is 1.02. The lowest BCUT2D eigenvalue weighted by Gasteiger charge is -2.36. The molecular weight excluding hydrogens is 240 g/mol. The van der Waals surface area contributed by atoms with Crippen molar-refractivity contribution in [2.24, 2.45) is 5.92 Å². The van der Waals surface area contributed by atoms with E-state index in [0.717, 1.165) is 39.1 Å². The normalized spacial score (nSPS) is 19.1. The van der Waals surface area contributed by atoms with E-state index >= 15 is 0 Å². The largest absolute Gasteiger partial charge is 0.355 e. The van der Waals surface area contributed by atoms with Gasteiger partial charge < -0.3 is 5.32 Å². The minimum Gasteiger partial charge on any atom is -0.355 e. The van der Waals surface area contributed by atoms with Gasteiger partial charge in [-0.05, 0) is 19.3 Å². The average Bonchev–Trinajstić information content (AvgIpc) is 2.38. The van der Waals surface area contributed by atoms with E-state index in [0.29, 0.717) is 12.5 Å². The summed E-state index contributed by atoms with van der Waals surface area (Å²) in [5.41, 5.74) is 0. The zero-order valence-electron chi connectivity index (χ0n) is 12.4. The van der Waals surface area contributed by atoms with Crippen LogP contribution in [0, 0.1) is 17.2 Å². The summed E-state index contributed by atoms with van der Waals surface area (Å²) >= 11 is 0. The number of hydrogen-bond acceptors (Lipinski definition) is 4. The van der Waals surface area contributed by atoms with Gasteiger partial charge in [-0.15, -0.1) is 0 Å². The molecule has 1 aliphatic heterocycles. The second kappa shape index (κ2) is 8.13. The van der Waals surface area contributed by atoms with E-state index in [-0.39, 0.29) is 11.9 Å². The first kappa shape index (κ1) is 15.9. The second-order valence-corrected chi connectivity index (χ2v) is 5.62. The fraction of sp³-hybridized carbons (Fsp3) is 0.857. The lowest BCUT2D eigenvalue weighted by molar-refractivity contribution is -0.126. The summed E-state index contributed by atoms with van der Waals surface area (Å²) in [4.78, 5) is 16.3. The summed E-state index contributed by atoms with van der Waals surface area (Å²) in [6, 6.07) is 2.10. The van der Waals surface area contributed by atoms with Crippen molar-refractivity contribution < 1.29 is 4.79 Å². The third-order valence-corrected chi connectivity index (χ3v) is 3.65. The highest BCUT2D eigenvalue weighted by atomic mass is 16.2. The Hall–Kier alpha value is -1.12. The van der Waals surface area contributed by atoms with Crippen molar-refractivity contribution in [3.05, 3.63) is 0 Å². The second-order valence-electron chi connectivity index (χ2n) is 5.62. The van der Waals surface area contributed by atoms with Crippen LogP contribution >= 0.6 is 0 Å². The molecule has 0 spiro atoms. The number of rotatable bonds is 6. The molecule has 1 aliphatic rings. The molecule has 0 radical (unpaired) electrons. The first-order valence-corrected chi connectivity index (χ1v) is 7.15. The number of nitriles is 1. The molecule has 0 aliphatic carbocycles. The maximum Gasteiger partial charge on any atom is 0.237 e. The van der Waals surface area contributed by atoms with Gasteiger partial charge in [0.25, 0.3) is 0 Å². The van der Waals surface area contributed by atoms with Crippen LogP contribution in [0.4, 0.5) is 0 Å². The number of carbonyl (C=O) groups excluding carboxylic acids is 1. The predicted octanol–water partition coefficient (Wildman–Crippen LogP) is 0.678. The summed E-state index contributed by atoms with van der Waals surface area (Å²) in [7, 11) is 0. The number of amides is 1. The fourth-order valence-corrected chi connectivity index (χ4v) is 2.21. The van der Waals surface area contributed by atoms with Crippen LogP contribution in [0.3, 0.4) is 0 Å². The molecule has 19 heavy (non-hydrogen) atoms. The van der Waals surface area contributed by atoms with Crippen LogP contribution in [0.2, 0.25) is 0 Å². The quantitative estimate of drug-likeness (QED) is 0.718. The SMILES string of the molecule is CC(C)CCNC(=O)C(C)N1CCN(CC#N)CC1. The van der Waals surface area contributed by atoms with E-state index in [4.69, 9.17) is 5.26 Å². The van der Waals surface area contributed by atoms with Crippen LogP contribution in [0.5, 0.6) is 0 Å². The third kappa shape index (κ3) is 5.58. The molecule has 1 unspecified atom stereocenters. The Morgan fingerprint density at radius 3 is 2.42 bits per heavy atom. The maximum absolute atomic E-state index is 12.0. The van der Waals surface area contributed by atoms with Gasteiger partial charge in [0.05, 0.1) is 18.7 Å². The summed E-state index contributed by atoms with van der Waals surface area (Å²) in [5, 5.41) is 11.7. The van der Waals surface area contributed by atoms with Crippen molar-refractivity contribution in [3.63, 3.8) is 0 Å². The molecule has 1 heterocycles. The minimum atomic E-state index is -0.0728. The number of nitrogens with zero attached hydrogens (tertiary/aromatic N) is 3. The monoisotopic (exact) mass is 266 g/mol. The minimum absolute atomic E-state index is 0.0728. The number of carbonyl (C=O) groups is 1. The molecule has 1 saturated heterocycles. The topological polar surface area (TPSA) is 59.4 Å². The molecule has 0 saturated carbocycles. The van der Waals surface area contributed by atoms with Crippen molar-refractivity contribution in [2.75, 3.05) is 39.3 Å². The van der Waals surface area contributed by atoms with Gasteiger partial charge >= 0.3 is 0 Å².